The zero-order valence-corrected chi connectivity index (χ0v) is 15.0. The van der Waals surface area contributed by atoms with Crippen LogP contribution in [0.2, 0.25) is 0 Å². The predicted octanol–water partition coefficient (Wildman–Crippen LogP) is 0.432. The van der Waals surface area contributed by atoms with Crippen molar-refractivity contribution in [2.75, 3.05) is 0 Å². The van der Waals surface area contributed by atoms with Crippen LogP contribution in [0, 0.1) is 0 Å². The molecule has 0 atom stereocenters. The van der Waals surface area contributed by atoms with Gasteiger partial charge in [0.2, 0.25) is 0 Å². The molecule has 1 aromatic carbocycles. The van der Waals surface area contributed by atoms with Crippen molar-refractivity contribution in [1.82, 2.24) is 20.9 Å². The summed E-state index contributed by atoms with van der Waals surface area (Å²) >= 11 is 0. The lowest BCUT2D eigenvalue weighted by Crippen LogP contribution is -2.30. The maximum Gasteiger partial charge on any atom is 0.265 e. The van der Waals surface area contributed by atoms with Gasteiger partial charge in [0.05, 0.1) is 0 Å². The molecular weight excluding hydrogens is 352 g/mol. The zero-order valence-electron chi connectivity index (χ0n) is 15.0. The first-order valence-electron chi connectivity index (χ1n) is 8.57. The molecule has 0 unspecified atom stereocenters. The normalized spacial score (nSPS) is 14.4. The number of nitrogens with one attached hydrogen (secondary N) is 3. The molecule has 1 amide bonds. The quantitative estimate of drug-likeness (QED) is 0.581. The monoisotopic (exact) mass is 372 g/mol. The standard InChI is InChI=1S/C21H20N6O/c22-21(28)20-6-9-24-11-13-25-12-10-23-7-1-2-16-3-4-17-14-26-8-5-18(17)19(16)15-27-20/h1-15,23,25,27H,(H2,22,28). The van der Waals surface area contributed by atoms with Crippen LogP contribution in [-0.4, -0.2) is 17.1 Å². The number of aromatic nitrogens is 1. The number of aliphatic imine (C=N–C) groups is 1. The number of hydrogen-bond donors (Lipinski definition) is 4. The molecule has 2 heterocycles. The minimum Gasteiger partial charge on any atom is -0.366 e. The molecule has 1 aliphatic heterocycles. The number of carbonyl (C=O) groups is 1. The van der Waals surface area contributed by atoms with Crippen LogP contribution < -0.4 is 32.1 Å². The first-order valence-corrected chi connectivity index (χ1v) is 8.57. The molecule has 0 saturated heterocycles. The highest BCUT2D eigenvalue weighted by molar-refractivity contribution is 5.96. The average molecular weight is 372 g/mol. The lowest BCUT2D eigenvalue weighted by Gasteiger charge is -2.04. The SMILES string of the molecule is NC(=O)C1=CC=NC=CNC=CNC=CC=c2ccc3cnccc3c2=CN1. The Balaban J connectivity index is 2.16. The summed E-state index contributed by atoms with van der Waals surface area (Å²) in [7, 11) is 0. The number of pyridine rings is 1. The van der Waals surface area contributed by atoms with E-state index in [1.54, 1.807) is 49.6 Å². The summed E-state index contributed by atoms with van der Waals surface area (Å²) in [5.41, 5.74) is 5.70. The van der Waals surface area contributed by atoms with Gasteiger partial charge in [-0.2, -0.15) is 0 Å². The van der Waals surface area contributed by atoms with Gasteiger partial charge in [0.25, 0.3) is 5.91 Å². The Morgan fingerprint density at radius 3 is 2.71 bits per heavy atom. The first-order chi connectivity index (χ1) is 13.8. The molecule has 140 valence electrons. The lowest BCUT2D eigenvalue weighted by molar-refractivity contribution is -0.114. The Labute approximate surface area is 162 Å². The molecular formula is C21H20N6O. The summed E-state index contributed by atoms with van der Waals surface area (Å²) in [6.45, 7) is 0. The molecule has 0 fully saturated rings. The van der Waals surface area contributed by atoms with Gasteiger partial charge in [-0.05, 0) is 28.8 Å². The molecule has 28 heavy (non-hydrogen) atoms. The van der Waals surface area contributed by atoms with Crippen molar-refractivity contribution >= 4 is 35.2 Å². The predicted molar refractivity (Wildman–Crippen MR) is 113 cm³/mol. The Morgan fingerprint density at radius 2 is 1.86 bits per heavy atom. The van der Waals surface area contributed by atoms with E-state index >= 15 is 0 Å². The third-order valence-electron chi connectivity index (χ3n) is 3.86. The molecule has 0 saturated carbocycles. The number of allylic oxidation sites excluding steroid dienone is 2. The Kier molecular flexibility index (Phi) is 6.35. The highest BCUT2D eigenvalue weighted by Gasteiger charge is 2.02. The lowest BCUT2D eigenvalue weighted by atomic mass is 10.1. The fourth-order valence-electron chi connectivity index (χ4n) is 2.54. The van der Waals surface area contributed by atoms with Crippen LogP contribution in [0.1, 0.15) is 0 Å². The molecule has 0 radical (unpaired) electrons. The van der Waals surface area contributed by atoms with Crippen molar-refractivity contribution in [3.63, 3.8) is 0 Å². The summed E-state index contributed by atoms with van der Waals surface area (Å²) in [6.07, 6.45) is 20.6. The number of fused-ring (bicyclic) bond motifs is 3. The van der Waals surface area contributed by atoms with Gasteiger partial charge in [0.1, 0.15) is 5.70 Å². The minimum atomic E-state index is -0.581. The second kappa shape index (κ2) is 9.54. The second-order valence-electron chi connectivity index (χ2n) is 5.70. The zero-order chi connectivity index (χ0) is 19.6. The Bertz CT molecular complexity index is 1130. The van der Waals surface area contributed by atoms with Gasteiger partial charge in [-0.15, -0.1) is 0 Å². The van der Waals surface area contributed by atoms with Crippen LogP contribution in [-0.2, 0) is 4.79 Å². The highest BCUT2D eigenvalue weighted by Crippen LogP contribution is 2.04. The van der Waals surface area contributed by atoms with Crippen molar-refractivity contribution in [2.24, 2.45) is 10.7 Å². The fraction of sp³-hybridized carbons (Fsp3) is 0. The first kappa shape index (κ1) is 18.7. The Morgan fingerprint density at radius 1 is 1.00 bits per heavy atom. The molecule has 1 aromatic heterocycles. The van der Waals surface area contributed by atoms with Crippen molar-refractivity contribution in [2.45, 2.75) is 0 Å². The third-order valence-corrected chi connectivity index (χ3v) is 3.86. The molecule has 5 N–H and O–H groups in total. The second-order valence-corrected chi connectivity index (χ2v) is 5.70. The molecule has 0 spiro atoms. The third kappa shape index (κ3) is 4.95. The summed E-state index contributed by atoms with van der Waals surface area (Å²) in [6, 6.07) is 5.92. The van der Waals surface area contributed by atoms with Gasteiger partial charge < -0.3 is 21.7 Å². The summed E-state index contributed by atoms with van der Waals surface area (Å²) in [4.78, 5) is 20.0. The van der Waals surface area contributed by atoms with E-state index in [4.69, 9.17) is 5.73 Å². The van der Waals surface area contributed by atoms with E-state index in [-0.39, 0.29) is 5.70 Å². The molecule has 3 rings (SSSR count). The maximum absolute atomic E-state index is 11.7. The van der Waals surface area contributed by atoms with Crippen molar-refractivity contribution in [3.8, 4) is 0 Å². The van der Waals surface area contributed by atoms with E-state index in [0.29, 0.717) is 0 Å². The number of amides is 1. The molecule has 1 aliphatic rings. The smallest absolute Gasteiger partial charge is 0.265 e. The van der Waals surface area contributed by atoms with E-state index in [1.165, 1.54) is 12.3 Å². The van der Waals surface area contributed by atoms with Crippen LogP contribution in [0.5, 0.6) is 0 Å². The molecule has 7 nitrogen and oxygen atoms in total. The van der Waals surface area contributed by atoms with Crippen LogP contribution in [0.15, 0.2) is 84.4 Å². The van der Waals surface area contributed by atoms with E-state index in [0.717, 1.165) is 21.2 Å². The number of primary amides is 1. The average Bonchev–Trinajstić information content (AvgIpc) is 2.71. The molecule has 7 heteroatoms. The van der Waals surface area contributed by atoms with E-state index < -0.39 is 5.91 Å². The van der Waals surface area contributed by atoms with Crippen LogP contribution in [0.3, 0.4) is 0 Å². The topological polar surface area (TPSA) is 104 Å². The van der Waals surface area contributed by atoms with Gasteiger partial charge in [0, 0.05) is 66.4 Å². The summed E-state index contributed by atoms with van der Waals surface area (Å²) in [5, 5.41) is 12.8. The van der Waals surface area contributed by atoms with E-state index in [1.807, 2.05) is 30.4 Å². The van der Waals surface area contributed by atoms with Crippen LogP contribution in [0.25, 0.3) is 23.0 Å². The number of nitrogens with two attached hydrogens (primary N) is 1. The van der Waals surface area contributed by atoms with E-state index in [2.05, 4.69) is 25.9 Å². The van der Waals surface area contributed by atoms with Crippen LogP contribution >= 0.6 is 0 Å². The van der Waals surface area contributed by atoms with E-state index in [9.17, 15) is 4.79 Å². The molecule has 0 bridgehead atoms. The van der Waals surface area contributed by atoms with Crippen molar-refractivity contribution < 1.29 is 4.79 Å². The molecule has 0 aliphatic carbocycles. The van der Waals surface area contributed by atoms with Gasteiger partial charge >= 0.3 is 0 Å². The van der Waals surface area contributed by atoms with Gasteiger partial charge in [0.15, 0.2) is 0 Å². The number of carbonyl (C=O) groups excluding carboxylic acids is 1. The van der Waals surface area contributed by atoms with Crippen molar-refractivity contribution in [1.29, 1.82) is 0 Å². The van der Waals surface area contributed by atoms with Crippen LogP contribution in [0.4, 0.5) is 0 Å². The largest absolute Gasteiger partial charge is 0.366 e. The molecule has 2 aromatic rings. The Hall–Kier alpha value is -4.13. The summed E-state index contributed by atoms with van der Waals surface area (Å²) in [5.74, 6) is -0.581. The van der Waals surface area contributed by atoms with Gasteiger partial charge in [-0.1, -0.05) is 18.2 Å². The number of nitrogens with zero attached hydrogens (tertiary/aromatic N) is 2. The number of rotatable bonds is 1. The van der Waals surface area contributed by atoms with Crippen molar-refractivity contribution in [3.05, 3.63) is 89.9 Å². The number of benzene rings is 1. The maximum atomic E-state index is 11.7. The fourth-order valence-corrected chi connectivity index (χ4v) is 2.54. The van der Waals surface area contributed by atoms with Gasteiger partial charge in [-0.3, -0.25) is 14.8 Å². The minimum absolute atomic E-state index is 0.225. The highest BCUT2D eigenvalue weighted by atomic mass is 16.1. The van der Waals surface area contributed by atoms with Gasteiger partial charge in [-0.25, -0.2) is 0 Å². The summed E-state index contributed by atoms with van der Waals surface area (Å²) < 4.78 is 0. The number of hydrogen-bond acceptors (Lipinski definition) is 6.